The van der Waals surface area contributed by atoms with Gasteiger partial charge in [-0.1, -0.05) is 37.5 Å². The molecule has 7 heteroatoms. The Hall–Kier alpha value is -2.34. The zero-order valence-electron chi connectivity index (χ0n) is 21.2. The molecule has 0 bridgehead atoms. The van der Waals surface area contributed by atoms with E-state index < -0.39 is 5.97 Å². The fraction of sp³-hybridized carbons (Fsp3) is 0.607. The van der Waals surface area contributed by atoms with Crippen LogP contribution < -0.4 is 5.32 Å². The monoisotopic (exact) mass is 500 g/mol. The molecule has 2 aromatic rings. The Morgan fingerprint density at radius 2 is 1.94 bits per heavy atom. The molecule has 0 spiro atoms. The maximum atomic E-state index is 13.0. The fourth-order valence-electron chi connectivity index (χ4n) is 5.50. The number of benzene rings is 1. The molecular formula is C28H37ClN2O4. The summed E-state index contributed by atoms with van der Waals surface area (Å²) in [5.41, 5.74) is 3.87. The van der Waals surface area contributed by atoms with Gasteiger partial charge in [-0.15, -0.1) is 0 Å². The number of carbonyl (C=O) groups is 2. The van der Waals surface area contributed by atoms with Crippen molar-refractivity contribution in [2.45, 2.75) is 96.8 Å². The molecule has 4 rings (SSSR count). The second-order valence-electron chi connectivity index (χ2n) is 11.8. The molecule has 190 valence electrons. The molecule has 2 aliphatic rings. The number of aromatic nitrogens is 1. The van der Waals surface area contributed by atoms with Crippen molar-refractivity contribution in [3.05, 3.63) is 45.8 Å². The number of carboxylic acids is 1. The maximum Gasteiger partial charge on any atom is 0.303 e. The van der Waals surface area contributed by atoms with Gasteiger partial charge in [0.1, 0.15) is 5.76 Å². The van der Waals surface area contributed by atoms with Gasteiger partial charge in [0.2, 0.25) is 5.91 Å². The highest BCUT2D eigenvalue weighted by atomic mass is 35.5. The van der Waals surface area contributed by atoms with E-state index in [1.54, 1.807) is 18.2 Å². The first kappa shape index (κ1) is 25.7. The second kappa shape index (κ2) is 10.3. The van der Waals surface area contributed by atoms with Crippen LogP contribution in [0.15, 0.2) is 22.7 Å². The van der Waals surface area contributed by atoms with E-state index in [4.69, 9.17) is 16.1 Å². The van der Waals surface area contributed by atoms with Crippen molar-refractivity contribution in [3.63, 3.8) is 0 Å². The molecule has 1 aromatic heterocycles. The van der Waals surface area contributed by atoms with Crippen LogP contribution in [0, 0.1) is 18.3 Å². The lowest BCUT2D eigenvalue weighted by molar-refractivity contribution is -0.137. The lowest BCUT2D eigenvalue weighted by atomic mass is 9.66. The summed E-state index contributed by atoms with van der Waals surface area (Å²) >= 11 is 6.04. The van der Waals surface area contributed by atoms with Crippen LogP contribution in [0.4, 0.5) is 5.69 Å². The molecule has 1 atom stereocenters. The molecule has 2 N–H and O–H groups in total. The molecule has 35 heavy (non-hydrogen) atoms. The standard InChI is InChI=1S/C28H37ClN2O4/c1-16-11-21(29)8-9-22(16)30-23(32)14-19(7-10-24(33)34)26-25(18-5-6-18)27(35-31-26)20-12-17(13-20)15-28(2,3)4/h8-9,11,17-20H,5-7,10,12-15H2,1-4H3,(H,30,32)(H,33,34)/t17?,19-,20?/m1/s1. The van der Waals surface area contributed by atoms with E-state index in [1.807, 2.05) is 6.92 Å². The number of anilines is 1. The second-order valence-corrected chi connectivity index (χ2v) is 12.2. The molecule has 0 unspecified atom stereocenters. The average Bonchev–Trinajstić information content (AvgIpc) is 3.47. The van der Waals surface area contributed by atoms with E-state index in [0.29, 0.717) is 40.3 Å². The Morgan fingerprint density at radius 3 is 2.54 bits per heavy atom. The van der Waals surface area contributed by atoms with Crippen molar-refractivity contribution in [2.75, 3.05) is 5.32 Å². The number of aliphatic carboxylic acids is 1. The van der Waals surface area contributed by atoms with Crippen molar-refractivity contribution in [2.24, 2.45) is 11.3 Å². The normalized spacial score (nSPS) is 20.8. The average molecular weight is 501 g/mol. The third-order valence-electron chi connectivity index (χ3n) is 7.26. The summed E-state index contributed by atoms with van der Waals surface area (Å²) < 4.78 is 5.96. The number of carbonyl (C=O) groups excluding carboxylic acids is 1. The van der Waals surface area contributed by atoms with Gasteiger partial charge < -0.3 is 14.9 Å². The zero-order valence-corrected chi connectivity index (χ0v) is 22.0. The Labute approximate surface area is 212 Å². The minimum atomic E-state index is -0.871. The highest BCUT2D eigenvalue weighted by molar-refractivity contribution is 6.30. The summed E-state index contributed by atoms with van der Waals surface area (Å²) in [7, 11) is 0. The molecule has 2 aliphatic carbocycles. The van der Waals surface area contributed by atoms with Gasteiger partial charge in [0.25, 0.3) is 0 Å². The minimum Gasteiger partial charge on any atom is -0.481 e. The van der Waals surface area contributed by atoms with Crippen molar-refractivity contribution >= 4 is 29.2 Å². The molecule has 2 saturated carbocycles. The van der Waals surface area contributed by atoms with Crippen molar-refractivity contribution in [1.29, 1.82) is 0 Å². The van der Waals surface area contributed by atoms with E-state index in [9.17, 15) is 14.7 Å². The van der Waals surface area contributed by atoms with Crippen molar-refractivity contribution < 1.29 is 19.2 Å². The molecule has 0 aliphatic heterocycles. The molecule has 1 amide bonds. The smallest absolute Gasteiger partial charge is 0.303 e. The quantitative estimate of drug-likeness (QED) is 0.354. The Balaban J connectivity index is 1.51. The lowest BCUT2D eigenvalue weighted by Gasteiger charge is -2.38. The largest absolute Gasteiger partial charge is 0.481 e. The molecule has 1 aromatic carbocycles. The van der Waals surface area contributed by atoms with Gasteiger partial charge in [-0.2, -0.15) is 0 Å². The van der Waals surface area contributed by atoms with Crippen molar-refractivity contribution in [1.82, 2.24) is 5.16 Å². The summed E-state index contributed by atoms with van der Waals surface area (Å²) in [6.45, 7) is 8.74. The van der Waals surface area contributed by atoms with Gasteiger partial charge in [0, 0.05) is 41.0 Å². The topological polar surface area (TPSA) is 92.4 Å². The molecule has 6 nitrogen and oxygen atoms in total. The van der Waals surface area contributed by atoms with Crippen LogP contribution in [0.1, 0.15) is 112 Å². The van der Waals surface area contributed by atoms with Gasteiger partial charge in [-0.25, -0.2) is 0 Å². The molecule has 0 radical (unpaired) electrons. The first-order chi connectivity index (χ1) is 16.5. The SMILES string of the molecule is Cc1cc(Cl)ccc1NC(=O)C[C@@H](CCC(=O)O)c1noc(C2CC(CC(C)(C)C)C2)c1C1CC1. The minimum absolute atomic E-state index is 0.0126. The fourth-order valence-corrected chi connectivity index (χ4v) is 5.73. The summed E-state index contributed by atoms with van der Waals surface area (Å²) in [4.78, 5) is 24.4. The number of nitrogens with one attached hydrogen (secondary N) is 1. The Kier molecular flexibility index (Phi) is 7.60. The first-order valence-corrected chi connectivity index (χ1v) is 13.1. The highest BCUT2D eigenvalue weighted by Crippen LogP contribution is 2.53. The van der Waals surface area contributed by atoms with Crippen molar-refractivity contribution in [3.8, 4) is 0 Å². The number of rotatable bonds is 10. The van der Waals surface area contributed by atoms with Crippen LogP contribution in [0.25, 0.3) is 0 Å². The van der Waals surface area contributed by atoms with Gasteiger partial charge in [-0.05, 0) is 86.5 Å². The molecular weight excluding hydrogens is 464 g/mol. The van der Waals surface area contributed by atoms with E-state index >= 15 is 0 Å². The maximum absolute atomic E-state index is 13.0. The van der Waals surface area contributed by atoms with E-state index in [1.165, 1.54) is 6.42 Å². The van der Waals surface area contributed by atoms with E-state index in [2.05, 4.69) is 31.2 Å². The highest BCUT2D eigenvalue weighted by Gasteiger charge is 2.42. The van der Waals surface area contributed by atoms with Crippen LogP contribution in [-0.4, -0.2) is 22.1 Å². The number of hydrogen-bond donors (Lipinski definition) is 2. The summed E-state index contributed by atoms with van der Waals surface area (Å²) in [5, 5.41) is 17.4. The summed E-state index contributed by atoms with van der Waals surface area (Å²) in [5.74, 6) is 1.17. The predicted molar refractivity (Wildman–Crippen MR) is 137 cm³/mol. The summed E-state index contributed by atoms with van der Waals surface area (Å²) in [6.07, 6.45) is 6.13. The third kappa shape index (κ3) is 6.66. The first-order valence-electron chi connectivity index (χ1n) is 12.8. The zero-order chi connectivity index (χ0) is 25.3. The molecule has 0 saturated heterocycles. The lowest BCUT2D eigenvalue weighted by Crippen LogP contribution is -2.26. The van der Waals surface area contributed by atoms with Crippen LogP contribution in [0.3, 0.4) is 0 Å². The van der Waals surface area contributed by atoms with E-state index in [-0.39, 0.29) is 24.7 Å². The van der Waals surface area contributed by atoms with Crippen LogP contribution in [0.2, 0.25) is 5.02 Å². The molecule has 1 heterocycles. The van der Waals surface area contributed by atoms with Crippen LogP contribution in [0.5, 0.6) is 0 Å². The van der Waals surface area contributed by atoms with Gasteiger partial charge in [0.15, 0.2) is 0 Å². The van der Waals surface area contributed by atoms with E-state index in [0.717, 1.165) is 48.3 Å². The number of nitrogens with zero attached hydrogens (tertiary/aromatic N) is 1. The van der Waals surface area contributed by atoms with Gasteiger partial charge in [0.05, 0.1) is 5.69 Å². The number of aryl methyl sites for hydroxylation is 1. The number of halogens is 1. The predicted octanol–water partition coefficient (Wildman–Crippen LogP) is 7.42. The van der Waals surface area contributed by atoms with Crippen LogP contribution in [-0.2, 0) is 9.59 Å². The van der Waals surface area contributed by atoms with Gasteiger partial charge >= 0.3 is 5.97 Å². The molecule has 2 fully saturated rings. The summed E-state index contributed by atoms with van der Waals surface area (Å²) in [6, 6.07) is 5.34. The number of carboxylic acid groups (broad SMARTS) is 1. The van der Waals surface area contributed by atoms with Gasteiger partial charge in [-0.3, -0.25) is 9.59 Å². The number of hydrogen-bond acceptors (Lipinski definition) is 4. The Bertz CT molecular complexity index is 1080. The third-order valence-corrected chi connectivity index (χ3v) is 7.50. The Morgan fingerprint density at radius 1 is 1.23 bits per heavy atom. The number of amides is 1. The van der Waals surface area contributed by atoms with Crippen LogP contribution >= 0.6 is 11.6 Å².